The Labute approximate surface area is 411 Å². The zero-order valence-electron chi connectivity index (χ0n) is 40.6. The van der Waals surface area contributed by atoms with Crippen LogP contribution in [-0.4, -0.2) is 106 Å². The Hall–Kier alpha value is -6.03. The third-order valence-electron chi connectivity index (χ3n) is 14.9. The second-order valence-corrected chi connectivity index (χ2v) is 23.3. The molecule has 19 heteroatoms. The largest absolute Gasteiger partial charge is 0.492 e. The van der Waals surface area contributed by atoms with Gasteiger partial charge in [-0.3, -0.25) is 33.9 Å². The van der Waals surface area contributed by atoms with Crippen molar-refractivity contribution in [3.05, 3.63) is 87.3 Å². The number of ether oxygens (including phenoxy) is 1. The first-order valence-corrected chi connectivity index (χ1v) is 27.3. The molecule has 0 bridgehead atoms. The van der Waals surface area contributed by atoms with E-state index in [4.69, 9.17) is 21.3 Å². The molecule has 1 spiro atoms. The summed E-state index contributed by atoms with van der Waals surface area (Å²) in [6, 6.07) is 14.9. The number of carbonyl (C=O) groups is 2. The van der Waals surface area contributed by atoms with Crippen molar-refractivity contribution in [1.29, 1.82) is 0 Å². The van der Waals surface area contributed by atoms with Gasteiger partial charge >= 0.3 is 5.69 Å². The highest BCUT2D eigenvalue weighted by Gasteiger charge is 2.47. The lowest BCUT2D eigenvalue weighted by Crippen LogP contribution is -2.64. The number of aromatic nitrogens is 5. The van der Waals surface area contributed by atoms with Crippen LogP contribution in [0.1, 0.15) is 69.7 Å². The number of likely N-dealkylation sites (tertiary alicyclic amines) is 1. The molecule has 4 fully saturated rings. The molecule has 3 aromatic carbocycles. The fourth-order valence-corrected chi connectivity index (χ4v) is 12.9. The molecule has 3 N–H and O–H groups in total. The fourth-order valence-electron chi connectivity index (χ4n) is 11.3. The number of aryl methyl sites for hydroxylation is 3. The van der Waals surface area contributed by atoms with Crippen LogP contribution in [0.3, 0.4) is 0 Å². The van der Waals surface area contributed by atoms with E-state index >= 15 is 0 Å². The number of hydrogen-bond donors (Lipinski definition) is 3. The number of pyridine rings is 1. The minimum atomic E-state index is -2.95. The van der Waals surface area contributed by atoms with Crippen LogP contribution in [0.4, 0.5) is 38.9 Å². The number of imide groups is 1. The number of nitrogens with zero attached hydrogens (tertiary/aromatic N) is 8. The summed E-state index contributed by atoms with van der Waals surface area (Å²) >= 11 is 6.66. The van der Waals surface area contributed by atoms with E-state index < -0.39 is 24.9 Å². The average Bonchev–Trinajstić information content (AvgIpc) is 3.58. The van der Waals surface area contributed by atoms with Crippen LogP contribution >= 0.6 is 18.7 Å². The van der Waals surface area contributed by atoms with Crippen molar-refractivity contribution in [2.45, 2.75) is 77.8 Å². The quantitative estimate of drug-likeness (QED) is 0.0796. The summed E-state index contributed by atoms with van der Waals surface area (Å²) in [4.78, 5) is 59.5. The molecule has 6 aromatic rings. The van der Waals surface area contributed by atoms with E-state index in [1.54, 1.807) is 48.6 Å². The van der Waals surface area contributed by atoms with Crippen LogP contribution in [-0.2, 0) is 27.6 Å². The van der Waals surface area contributed by atoms with Gasteiger partial charge in [0.15, 0.2) is 5.82 Å². The highest BCUT2D eigenvalue weighted by Crippen LogP contribution is 2.46. The first-order chi connectivity index (χ1) is 33.5. The van der Waals surface area contributed by atoms with E-state index in [0.29, 0.717) is 52.5 Å². The van der Waals surface area contributed by atoms with E-state index in [1.165, 1.54) is 17.8 Å². The van der Waals surface area contributed by atoms with E-state index in [-0.39, 0.29) is 40.1 Å². The molecule has 1 unspecified atom stereocenters. The van der Waals surface area contributed by atoms with Gasteiger partial charge in [0.1, 0.15) is 29.8 Å². The van der Waals surface area contributed by atoms with Crippen LogP contribution in [0.2, 0.25) is 5.02 Å². The van der Waals surface area contributed by atoms with Gasteiger partial charge in [0.25, 0.3) is 0 Å². The number of anilines is 6. The molecule has 368 valence electrons. The Kier molecular flexibility index (Phi) is 12.7. The van der Waals surface area contributed by atoms with Crippen LogP contribution in [0.5, 0.6) is 5.75 Å². The second kappa shape index (κ2) is 18.6. The maximum absolute atomic E-state index is 14.8. The molecular formula is C51H60ClFN11O5P. The smallest absolute Gasteiger partial charge is 0.329 e. The number of imidazole rings is 1. The normalized spacial score (nSPS) is 18.9. The number of amides is 2. The molecule has 7 heterocycles. The van der Waals surface area contributed by atoms with Gasteiger partial charge in [0, 0.05) is 81.2 Å². The lowest BCUT2D eigenvalue weighted by Gasteiger charge is -2.57. The van der Waals surface area contributed by atoms with Gasteiger partial charge in [0.05, 0.1) is 52.1 Å². The van der Waals surface area contributed by atoms with Gasteiger partial charge in [-0.05, 0) is 113 Å². The van der Waals surface area contributed by atoms with Gasteiger partial charge in [-0.1, -0.05) is 24.6 Å². The zero-order chi connectivity index (χ0) is 49.2. The van der Waals surface area contributed by atoms with E-state index in [2.05, 4.69) is 65.7 Å². The van der Waals surface area contributed by atoms with Crippen LogP contribution < -0.4 is 41.5 Å². The Balaban J connectivity index is 0.787. The number of carbonyl (C=O) groups excluding carboxylic acids is 2. The zero-order valence-corrected chi connectivity index (χ0v) is 42.2. The van der Waals surface area contributed by atoms with Crippen molar-refractivity contribution in [2.75, 3.05) is 79.6 Å². The van der Waals surface area contributed by atoms with Crippen LogP contribution in [0.15, 0.2) is 59.5 Å². The summed E-state index contributed by atoms with van der Waals surface area (Å²) in [5.41, 5.74) is 6.97. The molecule has 70 heavy (non-hydrogen) atoms. The molecular weight excluding hydrogens is 932 g/mol. The Bertz CT molecular complexity index is 3170. The van der Waals surface area contributed by atoms with Crippen molar-refractivity contribution in [2.24, 2.45) is 12.5 Å². The topological polar surface area (TPSA) is 172 Å². The van der Waals surface area contributed by atoms with Gasteiger partial charge in [-0.2, -0.15) is 4.98 Å². The van der Waals surface area contributed by atoms with E-state index in [1.807, 2.05) is 19.1 Å². The molecule has 16 nitrogen and oxygen atoms in total. The van der Waals surface area contributed by atoms with E-state index in [0.717, 1.165) is 99.5 Å². The highest BCUT2D eigenvalue weighted by atomic mass is 35.5. The average molecular weight is 993 g/mol. The lowest BCUT2D eigenvalue weighted by molar-refractivity contribution is -0.135. The monoisotopic (exact) mass is 991 g/mol. The Morgan fingerprint density at radius 3 is 2.37 bits per heavy atom. The SMILES string of the molecule is CCOc1cc(N2CCC(N3CC4(CCN(c5cccc6c5n(C)c(=O)n6C5CCC(=O)NC5=O)CC4)C3)CC2)c(CC)cc1Nc1ncc(Cl)c(Nc2ccc3nc(C)c(F)cc3c2P(C)(C)=O)n1. The van der Waals surface area contributed by atoms with Gasteiger partial charge in [-0.25, -0.2) is 14.2 Å². The molecule has 4 saturated heterocycles. The van der Waals surface area contributed by atoms with Gasteiger partial charge < -0.3 is 29.7 Å². The summed E-state index contributed by atoms with van der Waals surface area (Å²) in [6.07, 6.45) is 7.12. The Morgan fingerprint density at radius 2 is 1.67 bits per heavy atom. The molecule has 0 aliphatic carbocycles. The molecule has 1 atom stereocenters. The molecule has 0 radical (unpaired) electrons. The van der Waals surface area contributed by atoms with Crippen LogP contribution in [0.25, 0.3) is 21.9 Å². The second-order valence-electron chi connectivity index (χ2n) is 19.8. The summed E-state index contributed by atoms with van der Waals surface area (Å²) in [5.74, 6) is 0.0726. The number of hydrogen-bond acceptors (Lipinski definition) is 13. The minimum Gasteiger partial charge on any atom is -0.492 e. The predicted octanol–water partition coefficient (Wildman–Crippen LogP) is 8.02. The summed E-state index contributed by atoms with van der Waals surface area (Å²) in [7, 11) is -1.18. The standard InChI is InChI=1S/C51H60ClFN11O5P/c1-7-31-24-38(57-49-54-27-34(52)47(59-49)56-37-13-12-36-33(46(37)70(5,6)68)25-35(53)30(3)55-36)43(69-8-2)26-42(31)61-20-16-32(17-21-61)63-28-51(29-63)18-22-62(23-19-51)39-10-9-11-40-45(39)60(4)50(67)64(40)41-14-15-44(65)58-48(41)66/h9-13,24-27,32,41H,7-8,14-23,28-29H2,1-6H3,(H,58,65,66)(H2,54,56,57,59). The molecule has 2 amide bonds. The Morgan fingerprint density at radius 1 is 0.929 bits per heavy atom. The number of fused-ring (bicyclic) bond motifs is 2. The van der Waals surface area contributed by atoms with Crippen LogP contribution in [0, 0.1) is 18.2 Å². The first-order valence-electron chi connectivity index (χ1n) is 24.3. The predicted molar refractivity (Wildman–Crippen MR) is 275 cm³/mol. The molecule has 0 saturated carbocycles. The maximum Gasteiger partial charge on any atom is 0.329 e. The highest BCUT2D eigenvalue weighted by molar-refractivity contribution is 7.71. The number of piperidine rings is 3. The number of nitrogens with one attached hydrogen (secondary N) is 3. The first kappa shape index (κ1) is 47.6. The summed E-state index contributed by atoms with van der Waals surface area (Å²) < 4.78 is 37.9. The summed E-state index contributed by atoms with van der Waals surface area (Å²) in [5, 5.41) is 10.2. The molecule has 4 aliphatic rings. The molecule has 3 aromatic heterocycles. The third-order valence-corrected chi connectivity index (χ3v) is 16.7. The van der Waals surface area contributed by atoms with Gasteiger partial charge in [0.2, 0.25) is 17.8 Å². The van der Waals surface area contributed by atoms with Crippen molar-refractivity contribution < 1.29 is 23.3 Å². The number of halogens is 2. The fraction of sp³-hybridized carbons (Fsp3) is 0.451. The number of para-hydroxylation sites is 1. The third kappa shape index (κ3) is 8.78. The van der Waals surface area contributed by atoms with Crippen molar-refractivity contribution in [3.63, 3.8) is 0 Å². The molecule has 4 aliphatic heterocycles. The van der Waals surface area contributed by atoms with Crippen molar-refractivity contribution in [3.8, 4) is 5.75 Å². The van der Waals surface area contributed by atoms with E-state index in [9.17, 15) is 23.3 Å². The van der Waals surface area contributed by atoms with Gasteiger partial charge in [-0.15, -0.1) is 0 Å². The van der Waals surface area contributed by atoms with Crippen molar-refractivity contribution >= 4 is 92.3 Å². The minimum absolute atomic E-state index is 0.211. The van der Waals surface area contributed by atoms with Crippen molar-refractivity contribution in [1.82, 2.24) is 34.3 Å². The summed E-state index contributed by atoms with van der Waals surface area (Å²) in [6.45, 7) is 15.3. The molecule has 10 rings (SSSR count). The number of rotatable bonds is 12. The lowest BCUT2D eigenvalue weighted by atomic mass is 9.70. The maximum atomic E-state index is 14.8. The number of benzene rings is 3.